The number of carbonyl (C=O) groups is 1. The molecule has 2 rings (SSSR count). The standard InChI is InChI=1S/C20H26N4O/c1-2-21-20(22-15-9-12-17-10-5-3-6-11-17)23-16-19(25)24-18-13-7-4-8-14-18/h3-8,10-11,13-14H,2,9,12,15-16H2,1H3,(H,24,25)(H2,21,22,23). The molecule has 0 saturated heterocycles. The number of carbonyl (C=O) groups excluding carboxylic acids is 1. The summed E-state index contributed by atoms with van der Waals surface area (Å²) in [5, 5.41) is 9.26. The molecule has 0 unspecified atom stereocenters. The Kier molecular flexibility index (Phi) is 8.05. The minimum absolute atomic E-state index is 0.0862. The zero-order valence-electron chi connectivity index (χ0n) is 14.7. The molecule has 5 nitrogen and oxygen atoms in total. The third-order valence-electron chi connectivity index (χ3n) is 3.56. The molecule has 5 heteroatoms. The van der Waals surface area contributed by atoms with Crippen LogP contribution in [0.2, 0.25) is 0 Å². The molecule has 0 heterocycles. The molecular weight excluding hydrogens is 312 g/mol. The van der Waals surface area contributed by atoms with E-state index in [1.54, 1.807) is 0 Å². The monoisotopic (exact) mass is 338 g/mol. The van der Waals surface area contributed by atoms with Crippen molar-refractivity contribution in [1.82, 2.24) is 10.6 Å². The second-order valence-corrected chi connectivity index (χ2v) is 5.63. The van der Waals surface area contributed by atoms with Crippen molar-refractivity contribution < 1.29 is 4.79 Å². The number of aliphatic imine (C=N–C) groups is 1. The number of benzene rings is 2. The smallest absolute Gasteiger partial charge is 0.246 e. The Morgan fingerprint density at radius 1 is 0.960 bits per heavy atom. The maximum Gasteiger partial charge on any atom is 0.246 e. The summed E-state index contributed by atoms with van der Waals surface area (Å²) < 4.78 is 0. The fourth-order valence-corrected chi connectivity index (χ4v) is 2.36. The Bertz CT molecular complexity index is 656. The van der Waals surface area contributed by atoms with Gasteiger partial charge in [-0.3, -0.25) is 4.79 Å². The van der Waals surface area contributed by atoms with Crippen molar-refractivity contribution in [3.8, 4) is 0 Å². The number of rotatable bonds is 8. The van der Waals surface area contributed by atoms with Crippen LogP contribution in [-0.2, 0) is 11.2 Å². The lowest BCUT2D eigenvalue weighted by Crippen LogP contribution is -2.38. The van der Waals surface area contributed by atoms with Crippen molar-refractivity contribution in [2.24, 2.45) is 4.99 Å². The number of nitrogens with zero attached hydrogens (tertiary/aromatic N) is 1. The summed E-state index contributed by atoms with van der Waals surface area (Å²) in [6.45, 7) is 3.65. The first kappa shape index (κ1) is 18.5. The number of hydrogen-bond donors (Lipinski definition) is 3. The van der Waals surface area contributed by atoms with Crippen LogP contribution in [0.5, 0.6) is 0 Å². The first-order valence-electron chi connectivity index (χ1n) is 8.69. The normalized spacial score (nSPS) is 11.0. The second kappa shape index (κ2) is 10.9. The number of guanidine groups is 1. The summed E-state index contributed by atoms with van der Waals surface area (Å²) in [6, 6.07) is 19.8. The molecule has 2 aromatic carbocycles. The average molecular weight is 338 g/mol. The van der Waals surface area contributed by atoms with E-state index in [-0.39, 0.29) is 12.5 Å². The van der Waals surface area contributed by atoms with Gasteiger partial charge in [0.2, 0.25) is 5.91 Å². The molecule has 132 valence electrons. The van der Waals surface area contributed by atoms with Crippen LogP contribution < -0.4 is 16.0 Å². The number of anilines is 1. The van der Waals surface area contributed by atoms with Crippen LogP contribution in [0.15, 0.2) is 65.7 Å². The van der Waals surface area contributed by atoms with Gasteiger partial charge in [-0.2, -0.15) is 0 Å². The van der Waals surface area contributed by atoms with E-state index in [4.69, 9.17) is 0 Å². The van der Waals surface area contributed by atoms with Crippen LogP contribution in [0.1, 0.15) is 18.9 Å². The van der Waals surface area contributed by atoms with Gasteiger partial charge in [-0.1, -0.05) is 48.5 Å². The summed E-state index contributed by atoms with van der Waals surface area (Å²) in [6.07, 6.45) is 2.02. The maximum absolute atomic E-state index is 12.0. The van der Waals surface area contributed by atoms with Crippen molar-refractivity contribution in [3.63, 3.8) is 0 Å². The summed E-state index contributed by atoms with van der Waals surface area (Å²) in [4.78, 5) is 16.3. The van der Waals surface area contributed by atoms with Crippen LogP contribution in [0.4, 0.5) is 5.69 Å². The number of para-hydroxylation sites is 1. The molecule has 3 N–H and O–H groups in total. The van der Waals surface area contributed by atoms with Gasteiger partial charge in [0.05, 0.1) is 0 Å². The number of aryl methyl sites for hydroxylation is 1. The van der Waals surface area contributed by atoms with Crippen molar-refractivity contribution in [3.05, 3.63) is 66.2 Å². The van der Waals surface area contributed by atoms with Gasteiger partial charge in [-0.05, 0) is 37.5 Å². The van der Waals surface area contributed by atoms with E-state index in [9.17, 15) is 4.79 Å². The largest absolute Gasteiger partial charge is 0.357 e. The number of nitrogens with one attached hydrogen (secondary N) is 3. The van der Waals surface area contributed by atoms with Gasteiger partial charge in [0.25, 0.3) is 0 Å². The van der Waals surface area contributed by atoms with Gasteiger partial charge in [-0.25, -0.2) is 4.99 Å². The van der Waals surface area contributed by atoms with E-state index in [0.29, 0.717) is 5.96 Å². The van der Waals surface area contributed by atoms with Crippen molar-refractivity contribution in [1.29, 1.82) is 0 Å². The summed E-state index contributed by atoms with van der Waals surface area (Å²) >= 11 is 0. The Hall–Kier alpha value is -2.82. The van der Waals surface area contributed by atoms with Gasteiger partial charge in [0.15, 0.2) is 5.96 Å². The van der Waals surface area contributed by atoms with E-state index < -0.39 is 0 Å². The molecule has 1 amide bonds. The van der Waals surface area contributed by atoms with E-state index in [1.165, 1.54) is 5.56 Å². The highest BCUT2D eigenvalue weighted by atomic mass is 16.1. The summed E-state index contributed by atoms with van der Waals surface area (Å²) in [5.41, 5.74) is 2.11. The lowest BCUT2D eigenvalue weighted by molar-refractivity contribution is -0.114. The molecule has 0 bridgehead atoms. The molecule has 0 fully saturated rings. The van der Waals surface area contributed by atoms with Gasteiger partial charge < -0.3 is 16.0 Å². The van der Waals surface area contributed by atoms with Gasteiger partial charge in [-0.15, -0.1) is 0 Å². The first-order chi connectivity index (χ1) is 12.3. The third-order valence-corrected chi connectivity index (χ3v) is 3.56. The fraction of sp³-hybridized carbons (Fsp3) is 0.300. The highest BCUT2D eigenvalue weighted by Crippen LogP contribution is 2.04. The predicted octanol–water partition coefficient (Wildman–Crippen LogP) is 2.81. The van der Waals surface area contributed by atoms with Crippen LogP contribution in [0.3, 0.4) is 0 Å². The van der Waals surface area contributed by atoms with E-state index >= 15 is 0 Å². The molecule has 0 spiro atoms. The minimum atomic E-state index is -0.132. The van der Waals surface area contributed by atoms with Gasteiger partial charge in [0, 0.05) is 18.8 Å². The molecule has 0 radical (unpaired) electrons. The fourth-order valence-electron chi connectivity index (χ4n) is 2.36. The lowest BCUT2D eigenvalue weighted by atomic mass is 10.1. The molecule has 0 atom stereocenters. The molecule has 0 aliphatic heterocycles. The Morgan fingerprint density at radius 2 is 1.64 bits per heavy atom. The number of amides is 1. The first-order valence-corrected chi connectivity index (χ1v) is 8.69. The van der Waals surface area contributed by atoms with E-state index in [2.05, 4.69) is 45.2 Å². The minimum Gasteiger partial charge on any atom is -0.357 e. The summed E-state index contributed by atoms with van der Waals surface area (Å²) in [5.74, 6) is 0.534. The zero-order chi connectivity index (χ0) is 17.7. The molecule has 25 heavy (non-hydrogen) atoms. The van der Waals surface area contributed by atoms with Gasteiger partial charge in [0.1, 0.15) is 6.54 Å². The maximum atomic E-state index is 12.0. The second-order valence-electron chi connectivity index (χ2n) is 5.63. The Labute approximate surface area is 149 Å². The van der Waals surface area contributed by atoms with E-state index in [1.807, 2.05) is 43.3 Å². The average Bonchev–Trinajstić information content (AvgIpc) is 2.65. The Morgan fingerprint density at radius 3 is 2.32 bits per heavy atom. The van der Waals surface area contributed by atoms with Crippen molar-refractivity contribution >= 4 is 17.6 Å². The quantitative estimate of drug-likeness (QED) is 0.394. The molecule has 2 aromatic rings. The van der Waals surface area contributed by atoms with Crippen LogP contribution >= 0.6 is 0 Å². The molecule has 0 aromatic heterocycles. The van der Waals surface area contributed by atoms with Crippen LogP contribution in [0.25, 0.3) is 0 Å². The summed E-state index contributed by atoms with van der Waals surface area (Å²) in [7, 11) is 0. The van der Waals surface area contributed by atoms with Crippen LogP contribution in [-0.4, -0.2) is 31.5 Å². The lowest BCUT2D eigenvalue weighted by Gasteiger charge is -2.11. The Balaban J connectivity index is 1.74. The topological polar surface area (TPSA) is 65.5 Å². The molecular formula is C20H26N4O. The van der Waals surface area contributed by atoms with Crippen LogP contribution in [0, 0.1) is 0 Å². The molecule has 0 aliphatic carbocycles. The number of hydrogen-bond acceptors (Lipinski definition) is 2. The third kappa shape index (κ3) is 7.52. The molecule has 0 aliphatic rings. The van der Waals surface area contributed by atoms with Crippen molar-refractivity contribution in [2.75, 3.05) is 25.0 Å². The highest BCUT2D eigenvalue weighted by Gasteiger charge is 2.03. The van der Waals surface area contributed by atoms with Gasteiger partial charge >= 0.3 is 0 Å². The highest BCUT2D eigenvalue weighted by molar-refractivity contribution is 5.94. The van der Waals surface area contributed by atoms with Crippen molar-refractivity contribution in [2.45, 2.75) is 19.8 Å². The SMILES string of the molecule is CCNC(=NCC(=O)Nc1ccccc1)NCCCc1ccccc1. The predicted molar refractivity (Wildman–Crippen MR) is 104 cm³/mol. The van der Waals surface area contributed by atoms with E-state index in [0.717, 1.165) is 31.6 Å². The molecule has 0 saturated carbocycles. The zero-order valence-corrected chi connectivity index (χ0v) is 14.7.